The van der Waals surface area contributed by atoms with E-state index in [4.69, 9.17) is 0 Å². The van der Waals surface area contributed by atoms with Gasteiger partial charge in [-0.15, -0.1) is 0 Å². The molecule has 0 N–H and O–H groups in total. The Bertz CT molecular complexity index is 315. The number of aromatic nitrogens is 2. The zero-order chi connectivity index (χ0) is 11.5. The first-order valence-electron chi connectivity index (χ1n) is 4.02. The van der Waals surface area contributed by atoms with Gasteiger partial charge in [0.05, 0.1) is 0 Å². The third-order valence-corrected chi connectivity index (χ3v) is 3.71. The zero-order valence-electron chi connectivity index (χ0n) is 7.75. The average Bonchev–Trinajstić information content (AvgIpc) is 2.15. The lowest BCUT2D eigenvalue weighted by atomic mass is 10.4. The van der Waals surface area contributed by atoms with Crippen molar-refractivity contribution in [2.24, 2.45) is 0 Å². The van der Waals surface area contributed by atoms with Crippen LogP contribution in [0.4, 0.5) is 13.2 Å². The van der Waals surface area contributed by atoms with Crippen LogP contribution in [0.25, 0.3) is 0 Å². The molecule has 0 amide bonds. The number of rotatable bonds is 3. The molecule has 1 aromatic rings. The molecular weight excluding hydrogens is 293 g/mol. The van der Waals surface area contributed by atoms with Crippen molar-refractivity contribution in [2.75, 3.05) is 5.75 Å². The maximum absolute atomic E-state index is 12.1. The fourth-order valence-electron chi connectivity index (χ4n) is 0.697. The molecule has 0 saturated heterocycles. The topological polar surface area (TPSA) is 25.8 Å². The molecule has 1 unspecified atom stereocenters. The fourth-order valence-corrected chi connectivity index (χ4v) is 1.83. The molecule has 84 valence electrons. The molecule has 0 spiro atoms. The zero-order valence-corrected chi connectivity index (χ0v) is 10.2. The van der Waals surface area contributed by atoms with Crippen molar-refractivity contribution in [2.45, 2.75) is 23.1 Å². The molecule has 7 heteroatoms. The van der Waals surface area contributed by atoms with Gasteiger partial charge >= 0.3 is 6.18 Å². The Labute approximate surface area is 97.8 Å². The normalized spacial score (nSPS) is 13.9. The Morgan fingerprint density at radius 1 is 1.40 bits per heavy atom. The molecule has 2 nitrogen and oxygen atoms in total. The number of thioether (sulfide) groups is 1. The minimum absolute atomic E-state index is 0.132. The largest absolute Gasteiger partial charge is 0.402 e. The molecule has 0 radical (unpaired) electrons. The van der Waals surface area contributed by atoms with Crippen molar-refractivity contribution >= 4 is 27.7 Å². The highest BCUT2D eigenvalue weighted by Crippen LogP contribution is 2.30. The summed E-state index contributed by atoms with van der Waals surface area (Å²) >= 11 is 3.54. The Hall–Kier alpha value is -0.300. The van der Waals surface area contributed by atoms with Gasteiger partial charge in [0, 0.05) is 18.1 Å². The van der Waals surface area contributed by atoms with Crippen LogP contribution in [-0.2, 0) is 0 Å². The van der Waals surface area contributed by atoms with Crippen LogP contribution < -0.4 is 0 Å². The summed E-state index contributed by atoms with van der Waals surface area (Å²) < 4.78 is 36.3. The van der Waals surface area contributed by atoms with E-state index in [-0.39, 0.29) is 5.75 Å². The molecule has 1 atom stereocenters. The average molecular weight is 301 g/mol. The van der Waals surface area contributed by atoms with Gasteiger partial charge in [0.1, 0.15) is 4.83 Å². The molecule has 0 saturated carbocycles. The number of alkyl halides is 4. The van der Waals surface area contributed by atoms with E-state index < -0.39 is 11.0 Å². The smallest absolute Gasteiger partial charge is 0.231 e. The molecule has 1 rings (SSSR count). The van der Waals surface area contributed by atoms with Gasteiger partial charge in [0.2, 0.25) is 0 Å². The van der Waals surface area contributed by atoms with Gasteiger partial charge in [-0.2, -0.15) is 13.2 Å². The van der Waals surface area contributed by atoms with Crippen molar-refractivity contribution in [3.8, 4) is 0 Å². The van der Waals surface area contributed by atoms with Gasteiger partial charge in [-0.05, 0) is 12.5 Å². The molecule has 0 bridgehead atoms. The number of aryl methyl sites for hydroxylation is 1. The van der Waals surface area contributed by atoms with Gasteiger partial charge in [0.25, 0.3) is 0 Å². The standard InChI is InChI=1S/C8H8BrF3N2S/c1-5-2-13-7(14-3-5)15-4-6(9)8(10,11)12/h2-3,6H,4H2,1H3. The molecule has 0 aromatic carbocycles. The van der Waals surface area contributed by atoms with E-state index in [2.05, 4.69) is 25.9 Å². The van der Waals surface area contributed by atoms with Crippen LogP contribution in [0.3, 0.4) is 0 Å². The van der Waals surface area contributed by atoms with E-state index in [0.717, 1.165) is 17.3 Å². The Morgan fingerprint density at radius 3 is 2.40 bits per heavy atom. The fraction of sp³-hybridized carbons (Fsp3) is 0.500. The predicted octanol–water partition coefficient (Wildman–Crippen LogP) is 3.20. The third-order valence-electron chi connectivity index (χ3n) is 1.47. The van der Waals surface area contributed by atoms with Crippen molar-refractivity contribution < 1.29 is 13.2 Å². The second-order valence-corrected chi connectivity index (χ2v) is 4.96. The molecule has 1 aromatic heterocycles. The highest BCUT2D eigenvalue weighted by atomic mass is 79.9. The quantitative estimate of drug-likeness (QED) is 0.487. The van der Waals surface area contributed by atoms with Crippen LogP contribution in [0, 0.1) is 6.92 Å². The third kappa shape index (κ3) is 4.38. The first kappa shape index (κ1) is 12.8. The van der Waals surface area contributed by atoms with Crippen LogP contribution >= 0.6 is 27.7 Å². The molecule has 1 heterocycles. The van der Waals surface area contributed by atoms with Gasteiger partial charge in [-0.3, -0.25) is 0 Å². The van der Waals surface area contributed by atoms with Crippen LogP contribution in [0.15, 0.2) is 17.6 Å². The van der Waals surface area contributed by atoms with E-state index in [9.17, 15) is 13.2 Å². The van der Waals surface area contributed by atoms with Gasteiger partial charge in [-0.1, -0.05) is 27.7 Å². The summed E-state index contributed by atoms with van der Waals surface area (Å²) in [6, 6.07) is 0. The molecule has 15 heavy (non-hydrogen) atoms. The first-order valence-corrected chi connectivity index (χ1v) is 5.92. The van der Waals surface area contributed by atoms with Crippen molar-refractivity contribution in [1.29, 1.82) is 0 Å². The van der Waals surface area contributed by atoms with Crippen LogP contribution in [0.1, 0.15) is 5.56 Å². The summed E-state index contributed by atoms with van der Waals surface area (Å²) in [5, 5.41) is 0.356. The van der Waals surface area contributed by atoms with Crippen LogP contribution in [-0.4, -0.2) is 26.7 Å². The van der Waals surface area contributed by atoms with Crippen molar-refractivity contribution in [1.82, 2.24) is 9.97 Å². The summed E-state index contributed by atoms with van der Waals surface area (Å²) in [5.41, 5.74) is 0.880. The minimum atomic E-state index is -4.22. The van der Waals surface area contributed by atoms with Gasteiger partial charge in [0.15, 0.2) is 5.16 Å². The van der Waals surface area contributed by atoms with Crippen molar-refractivity contribution in [3.05, 3.63) is 18.0 Å². The van der Waals surface area contributed by atoms with E-state index in [1.54, 1.807) is 12.4 Å². The molecular formula is C8H8BrF3N2S. The Balaban J connectivity index is 2.47. The predicted molar refractivity (Wildman–Crippen MR) is 56.3 cm³/mol. The highest BCUT2D eigenvalue weighted by Gasteiger charge is 2.37. The lowest BCUT2D eigenvalue weighted by Gasteiger charge is -2.12. The Kier molecular flexibility index (Phi) is 4.39. The summed E-state index contributed by atoms with van der Waals surface area (Å²) in [6.07, 6.45) is -1.07. The number of nitrogens with zero attached hydrogens (tertiary/aromatic N) is 2. The maximum Gasteiger partial charge on any atom is 0.402 e. The van der Waals surface area contributed by atoms with E-state index in [1.165, 1.54) is 0 Å². The monoisotopic (exact) mass is 300 g/mol. The minimum Gasteiger partial charge on any atom is -0.231 e. The number of hydrogen-bond donors (Lipinski definition) is 0. The van der Waals surface area contributed by atoms with E-state index >= 15 is 0 Å². The SMILES string of the molecule is Cc1cnc(SCC(Br)C(F)(F)F)nc1. The first-order chi connectivity index (χ1) is 6.89. The second kappa shape index (κ2) is 5.16. The lowest BCUT2D eigenvalue weighted by Crippen LogP contribution is -2.24. The van der Waals surface area contributed by atoms with Gasteiger partial charge < -0.3 is 0 Å². The van der Waals surface area contributed by atoms with Crippen LogP contribution in [0.5, 0.6) is 0 Å². The number of halogens is 4. The van der Waals surface area contributed by atoms with E-state index in [0.29, 0.717) is 5.16 Å². The molecule has 0 aliphatic heterocycles. The molecule has 0 aliphatic rings. The summed E-state index contributed by atoms with van der Waals surface area (Å²) in [4.78, 5) is 6.26. The Morgan fingerprint density at radius 2 is 1.93 bits per heavy atom. The van der Waals surface area contributed by atoms with Crippen molar-refractivity contribution in [3.63, 3.8) is 0 Å². The van der Waals surface area contributed by atoms with E-state index in [1.807, 2.05) is 6.92 Å². The summed E-state index contributed by atoms with van der Waals surface area (Å²) in [6.45, 7) is 1.82. The van der Waals surface area contributed by atoms with Crippen LogP contribution in [0.2, 0.25) is 0 Å². The lowest BCUT2D eigenvalue weighted by molar-refractivity contribution is -0.122. The summed E-state index contributed by atoms with van der Waals surface area (Å²) in [7, 11) is 0. The second-order valence-electron chi connectivity index (χ2n) is 2.86. The molecule has 0 fully saturated rings. The molecule has 0 aliphatic carbocycles. The number of hydrogen-bond acceptors (Lipinski definition) is 3. The highest BCUT2D eigenvalue weighted by molar-refractivity contribution is 9.09. The van der Waals surface area contributed by atoms with Gasteiger partial charge in [-0.25, -0.2) is 9.97 Å². The maximum atomic E-state index is 12.1. The summed E-state index contributed by atoms with van der Waals surface area (Å²) in [5.74, 6) is -0.132.